The van der Waals surface area contributed by atoms with Crippen LogP contribution in [-0.4, -0.2) is 60.6 Å². The van der Waals surface area contributed by atoms with Crippen LogP contribution in [0.4, 0.5) is 4.39 Å². The molecule has 0 aliphatic carbocycles. The number of hydrogen-bond acceptors (Lipinski definition) is 5. The zero-order valence-corrected chi connectivity index (χ0v) is 18.4. The zero-order valence-electron chi connectivity index (χ0n) is 17.6. The van der Waals surface area contributed by atoms with Crippen molar-refractivity contribution in [2.45, 2.75) is 38.3 Å². The molecular weight excluding hydrogens is 419 g/mol. The molecule has 2 aliphatic rings. The standard InChI is InChI=1S/C23H27FN2O4S/c1-16(27)25(13-17-5-4-11-29-17)14-23(28)26-10-8-22-18(9-12-31-22)20(26)15-30-21-7-3-2-6-19(21)24/h2-3,6-7,9,12,17,20H,4-5,8,10-11,13-15H2,1H3/t17-,20+/m1/s1. The molecule has 0 saturated carbocycles. The van der Waals surface area contributed by atoms with E-state index in [1.807, 2.05) is 11.4 Å². The second-order valence-corrected chi connectivity index (χ2v) is 8.93. The number of ether oxygens (including phenoxy) is 2. The average molecular weight is 447 g/mol. The molecule has 0 N–H and O–H groups in total. The van der Waals surface area contributed by atoms with E-state index in [-0.39, 0.29) is 42.9 Å². The Morgan fingerprint density at radius 2 is 2.16 bits per heavy atom. The van der Waals surface area contributed by atoms with Gasteiger partial charge in [-0.25, -0.2) is 4.39 Å². The summed E-state index contributed by atoms with van der Waals surface area (Å²) in [5.41, 5.74) is 1.04. The fraction of sp³-hybridized carbons (Fsp3) is 0.478. The highest BCUT2D eigenvalue weighted by molar-refractivity contribution is 7.10. The van der Waals surface area contributed by atoms with Crippen molar-refractivity contribution in [2.75, 3.05) is 32.8 Å². The normalized spacial score (nSPS) is 20.4. The van der Waals surface area contributed by atoms with Crippen molar-refractivity contribution in [3.8, 4) is 5.75 Å². The Labute approximate surface area is 185 Å². The molecular formula is C23H27FN2O4S. The highest BCUT2D eigenvalue weighted by atomic mass is 32.1. The number of halogens is 1. The summed E-state index contributed by atoms with van der Waals surface area (Å²) in [5.74, 6) is -0.537. The van der Waals surface area contributed by atoms with Gasteiger partial charge >= 0.3 is 0 Å². The van der Waals surface area contributed by atoms with Crippen LogP contribution in [0.25, 0.3) is 0 Å². The Balaban J connectivity index is 1.48. The van der Waals surface area contributed by atoms with Gasteiger partial charge in [0, 0.05) is 31.5 Å². The zero-order chi connectivity index (χ0) is 21.8. The van der Waals surface area contributed by atoms with E-state index >= 15 is 0 Å². The first-order valence-electron chi connectivity index (χ1n) is 10.6. The lowest BCUT2D eigenvalue weighted by Gasteiger charge is -2.37. The Morgan fingerprint density at radius 3 is 2.90 bits per heavy atom. The summed E-state index contributed by atoms with van der Waals surface area (Å²) in [6.45, 7) is 3.31. The number of carbonyl (C=O) groups excluding carboxylic acids is 2. The van der Waals surface area contributed by atoms with Gasteiger partial charge in [0.2, 0.25) is 11.8 Å². The van der Waals surface area contributed by atoms with E-state index in [4.69, 9.17) is 9.47 Å². The van der Waals surface area contributed by atoms with Crippen LogP contribution < -0.4 is 4.74 Å². The Kier molecular flexibility index (Phi) is 6.87. The van der Waals surface area contributed by atoms with Gasteiger partial charge in [-0.1, -0.05) is 12.1 Å². The second kappa shape index (κ2) is 9.78. The molecule has 0 unspecified atom stereocenters. The molecule has 1 saturated heterocycles. The molecule has 0 bridgehead atoms. The number of rotatable bonds is 7. The second-order valence-electron chi connectivity index (χ2n) is 7.93. The SMILES string of the molecule is CC(=O)N(CC(=O)N1CCc2sccc2[C@@H]1COc1ccccc1F)C[C@H]1CCCO1. The number of fused-ring (bicyclic) bond motifs is 1. The summed E-state index contributed by atoms with van der Waals surface area (Å²) in [6, 6.07) is 7.94. The van der Waals surface area contributed by atoms with Gasteiger partial charge in [-0.2, -0.15) is 0 Å². The molecule has 2 aromatic rings. The van der Waals surface area contributed by atoms with Gasteiger partial charge in [-0.3, -0.25) is 9.59 Å². The first kappa shape index (κ1) is 21.8. The Bertz CT molecular complexity index is 928. The lowest BCUT2D eigenvalue weighted by Crippen LogP contribution is -2.48. The van der Waals surface area contributed by atoms with Gasteiger partial charge in [0.25, 0.3) is 0 Å². The van der Waals surface area contributed by atoms with Crippen molar-refractivity contribution in [3.63, 3.8) is 0 Å². The number of para-hydroxylation sites is 1. The summed E-state index contributed by atoms with van der Waals surface area (Å²) in [5, 5.41) is 2.01. The molecule has 2 amide bonds. The third kappa shape index (κ3) is 5.07. The van der Waals surface area contributed by atoms with Gasteiger partial charge in [0.15, 0.2) is 11.6 Å². The van der Waals surface area contributed by atoms with Gasteiger partial charge < -0.3 is 19.3 Å². The molecule has 1 aromatic carbocycles. The molecule has 0 radical (unpaired) electrons. The van der Waals surface area contributed by atoms with E-state index in [1.165, 1.54) is 17.9 Å². The van der Waals surface area contributed by atoms with Crippen LogP contribution >= 0.6 is 11.3 Å². The number of amides is 2. The van der Waals surface area contributed by atoms with E-state index in [1.54, 1.807) is 39.3 Å². The summed E-state index contributed by atoms with van der Waals surface area (Å²) in [4.78, 5) is 30.0. The first-order chi connectivity index (χ1) is 15.0. The number of nitrogens with zero attached hydrogens (tertiary/aromatic N) is 2. The minimum atomic E-state index is -0.430. The monoisotopic (exact) mass is 446 g/mol. The van der Waals surface area contributed by atoms with Crippen molar-refractivity contribution in [2.24, 2.45) is 0 Å². The van der Waals surface area contributed by atoms with E-state index < -0.39 is 5.82 Å². The minimum absolute atomic E-state index is 0.00482. The van der Waals surface area contributed by atoms with Crippen molar-refractivity contribution in [1.82, 2.24) is 9.80 Å². The van der Waals surface area contributed by atoms with E-state index in [9.17, 15) is 14.0 Å². The summed E-state index contributed by atoms with van der Waals surface area (Å²) < 4.78 is 25.5. The highest BCUT2D eigenvalue weighted by Gasteiger charge is 2.34. The molecule has 166 valence electrons. The Hall–Kier alpha value is -2.45. The number of hydrogen-bond donors (Lipinski definition) is 0. The summed E-state index contributed by atoms with van der Waals surface area (Å²) in [7, 11) is 0. The molecule has 2 aliphatic heterocycles. The largest absolute Gasteiger partial charge is 0.488 e. The molecule has 6 nitrogen and oxygen atoms in total. The van der Waals surface area contributed by atoms with Gasteiger partial charge in [0.1, 0.15) is 6.61 Å². The van der Waals surface area contributed by atoms with E-state index in [2.05, 4.69) is 0 Å². The third-order valence-corrected chi connectivity index (χ3v) is 6.86. The Morgan fingerprint density at radius 1 is 1.32 bits per heavy atom. The van der Waals surface area contributed by atoms with Crippen LogP contribution in [0.3, 0.4) is 0 Å². The molecule has 4 rings (SSSR count). The van der Waals surface area contributed by atoms with E-state index in [0.29, 0.717) is 19.7 Å². The highest BCUT2D eigenvalue weighted by Crippen LogP contribution is 2.34. The molecule has 0 spiro atoms. The molecule has 2 atom stereocenters. The number of thiophene rings is 1. The van der Waals surface area contributed by atoms with Crippen LogP contribution in [0, 0.1) is 5.82 Å². The average Bonchev–Trinajstić information content (AvgIpc) is 3.44. The molecule has 3 heterocycles. The summed E-state index contributed by atoms with van der Waals surface area (Å²) in [6.07, 6.45) is 2.63. The number of carbonyl (C=O) groups is 2. The molecule has 31 heavy (non-hydrogen) atoms. The van der Waals surface area contributed by atoms with Crippen LogP contribution in [0.1, 0.15) is 36.2 Å². The van der Waals surface area contributed by atoms with Crippen LogP contribution in [0.2, 0.25) is 0 Å². The van der Waals surface area contributed by atoms with Crippen LogP contribution in [0.5, 0.6) is 5.75 Å². The molecule has 8 heteroatoms. The maximum absolute atomic E-state index is 14.0. The van der Waals surface area contributed by atoms with Crippen LogP contribution in [0.15, 0.2) is 35.7 Å². The van der Waals surface area contributed by atoms with Gasteiger partial charge in [-0.05, 0) is 48.4 Å². The molecule has 1 aromatic heterocycles. The van der Waals surface area contributed by atoms with Crippen molar-refractivity contribution in [1.29, 1.82) is 0 Å². The fourth-order valence-electron chi connectivity index (χ4n) is 4.20. The third-order valence-electron chi connectivity index (χ3n) is 5.87. The summed E-state index contributed by atoms with van der Waals surface area (Å²) >= 11 is 1.66. The van der Waals surface area contributed by atoms with Crippen LogP contribution in [-0.2, 0) is 20.7 Å². The fourth-order valence-corrected chi connectivity index (χ4v) is 5.13. The quantitative estimate of drug-likeness (QED) is 0.654. The van der Waals surface area contributed by atoms with Gasteiger partial charge in [-0.15, -0.1) is 11.3 Å². The van der Waals surface area contributed by atoms with Crippen molar-refractivity contribution in [3.05, 3.63) is 52.0 Å². The minimum Gasteiger partial charge on any atom is -0.488 e. The predicted molar refractivity (Wildman–Crippen MR) is 116 cm³/mol. The topological polar surface area (TPSA) is 59.1 Å². The van der Waals surface area contributed by atoms with E-state index in [0.717, 1.165) is 24.8 Å². The smallest absolute Gasteiger partial charge is 0.242 e. The first-order valence-corrected chi connectivity index (χ1v) is 11.5. The lowest BCUT2D eigenvalue weighted by molar-refractivity contribution is -0.142. The van der Waals surface area contributed by atoms with Crippen molar-refractivity contribution >= 4 is 23.2 Å². The molecule has 1 fully saturated rings. The lowest BCUT2D eigenvalue weighted by atomic mass is 10.0. The number of benzene rings is 1. The predicted octanol–water partition coefficient (Wildman–Crippen LogP) is 3.42. The van der Waals surface area contributed by atoms with Crippen molar-refractivity contribution < 1.29 is 23.5 Å². The van der Waals surface area contributed by atoms with Gasteiger partial charge in [0.05, 0.1) is 18.7 Å². The maximum Gasteiger partial charge on any atom is 0.242 e. The maximum atomic E-state index is 14.0.